The number of hydrogen-bond donors (Lipinski definition) is 1. The van der Waals surface area contributed by atoms with Crippen molar-refractivity contribution in [1.29, 1.82) is 0 Å². The van der Waals surface area contributed by atoms with Gasteiger partial charge in [0.15, 0.2) is 0 Å². The van der Waals surface area contributed by atoms with E-state index in [0.29, 0.717) is 0 Å². The quantitative estimate of drug-likeness (QED) is 0.344. The number of benzene rings is 1. The predicted molar refractivity (Wildman–Crippen MR) is 41.2 cm³/mol. The Morgan fingerprint density at radius 1 is 1.18 bits per heavy atom. The molecule has 0 aromatic heterocycles. The zero-order valence-electron chi connectivity index (χ0n) is 5.64. The number of para-hydroxylation sites is 1. The van der Waals surface area contributed by atoms with E-state index in [1.54, 1.807) is 0 Å². The first kappa shape index (κ1) is 9.22. The second-order valence-electron chi connectivity index (χ2n) is 1.63. The van der Waals surface area contributed by atoms with E-state index in [9.17, 15) is 0 Å². The lowest BCUT2D eigenvalue weighted by Gasteiger charge is -1.83. The molecule has 0 amide bonds. The molecule has 1 aromatic rings. The molecule has 5 nitrogen and oxygen atoms in total. The van der Waals surface area contributed by atoms with Crippen LogP contribution in [-0.2, 0) is 0 Å². The smallest absolute Gasteiger partial charge is 0.0689 e. The van der Waals surface area contributed by atoms with E-state index in [1.807, 2.05) is 30.3 Å². The number of nitrogens with zero attached hydrogens (tertiary/aromatic N) is 1. The van der Waals surface area contributed by atoms with Gasteiger partial charge in [0.25, 0.3) is 0 Å². The number of hydrogen-bond acceptors (Lipinski definition) is 4. The van der Waals surface area contributed by atoms with E-state index in [2.05, 4.69) is 0 Å². The molecular weight excluding hydrogens is 148 g/mol. The Hall–Kier alpha value is -1.78. The van der Waals surface area contributed by atoms with E-state index in [-0.39, 0.29) is 0 Å². The summed E-state index contributed by atoms with van der Waals surface area (Å²) in [5.41, 5.74) is 6.18. The molecule has 0 heterocycles. The minimum absolute atomic E-state index is 0.822. The Kier molecular flexibility index (Phi) is 4.22. The third kappa shape index (κ3) is 8.22. The summed E-state index contributed by atoms with van der Waals surface area (Å²) in [6.45, 7) is 0. The third-order valence-corrected chi connectivity index (χ3v) is 0.800. The first-order valence-electron chi connectivity index (χ1n) is 2.75. The van der Waals surface area contributed by atoms with Gasteiger partial charge in [0.1, 0.15) is 0 Å². The Morgan fingerprint density at radius 3 is 1.73 bits per heavy atom. The Bertz CT molecular complexity index is 208. The molecule has 0 fully saturated rings. The number of nitrogens with two attached hydrogens (primary N) is 1. The molecule has 5 heteroatoms. The summed E-state index contributed by atoms with van der Waals surface area (Å²) < 4.78 is 0. The monoisotopic (exact) mass is 155 g/mol. The largest absolute Gasteiger partial charge is 0.399 e. The zero-order chi connectivity index (χ0) is 8.69. The molecule has 0 atom stereocenters. The third-order valence-electron chi connectivity index (χ3n) is 0.800. The van der Waals surface area contributed by atoms with Crippen molar-refractivity contribution >= 4 is 5.69 Å². The van der Waals surface area contributed by atoms with E-state index < -0.39 is 5.09 Å². The Morgan fingerprint density at radius 2 is 1.55 bits per heavy atom. The van der Waals surface area contributed by atoms with Gasteiger partial charge in [-0.3, -0.25) is 0 Å². The summed E-state index contributed by atoms with van der Waals surface area (Å²) in [5, 5.41) is 14.8. The summed E-state index contributed by atoms with van der Waals surface area (Å²) in [4.78, 5) is 8.25. The second-order valence-corrected chi connectivity index (χ2v) is 1.63. The van der Waals surface area contributed by atoms with Crippen molar-refractivity contribution in [2.24, 2.45) is 0 Å². The molecule has 0 radical (unpaired) electrons. The fourth-order valence-electron chi connectivity index (χ4n) is 0.453. The van der Waals surface area contributed by atoms with Crippen LogP contribution in [-0.4, -0.2) is 5.09 Å². The molecule has 0 aliphatic carbocycles. The van der Waals surface area contributed by atoms with Crippen LogP contribution in [0.25, 0.3) is 0 Å². The lowest BCUT2D eigenvalue weighted by molar-refractivity contribution is -0.402. The molecule has 60 valence electrons. The normalized spacial score (nSPS) is 7.64. The van der Waals surface area contributed by atoms with Crippen LogP contribution in [0.3, 0.4) is 0 Å². The van der Waals surface area contributed by atoms with Crippen LogP contribution in [0, 0.1) is 15.3 Å². The van der Waals surface area contributed by atoms with Gasteiger partial charge >= 0.3 is 0 Å². The summed E-state index contributed by atoms with van der Waals surface area (Å²) in [5.74, 6) is 0. The average molecular weight is 155 g/mol. The molecule has 0 spiro atoms. The standard InChI is InChI=1S/C6H7N.NO3/c7-6-4-2-1-3-5-6;2-1(3)4/h1-5H,7H2;/q;-1. The van der Waals surface area contributed by atoms with Gasteiger partial charge in [-0.15, -0.1) is 0 Å². The molecule has 0 bridgehead atoms. The molecule has 0 aliphatic heterocycles. The van der Waals surface area contributed by atoms with Crippen molar-refractivity contribution in [3.63, 3.8) is 0 Å². The maximum atomic E-state index is 8.25. The molecule has 1 aromatic carbocycles. The highest BCUT2D eigenvalue weighted by Gasteiger charge is 1.72. The summed E-state index contributed by atoms with van der Waals surface area (Å²) in [6.07, 6.45) is 0. The van der Waals surface area contributed by atoms with Crippen molar-refractivity contribution < 1.29 is 5.09 Å². The van der Waals surface area contributed by atoms with Gasteiger partial charge in [-0.1, -0.05) is 18.2 Å². The lowest BCUT2D eigenvalue weighted by atomic mass is 10.3. The van der Waals surface area contributed by atoms with E-state index in [4.69, 9.17) is 21.1 Å². The summed E-state index contributed by atoms with van der Waals surface area (Å²) in [7, 11) is 0. The van der Waals surface area contributed by atoms with Gasteiger partial charge < -0.3 is 21.1 Å². The van der Waals surface area contributed by atoms with Gasteiger partial charge in [-0.2, -0.15) is 0 Å². The van der Waals surface area contributed by atoms with Gasteiger partial charge in [0, 0.05) is 5.69 Å². The number of nitrogen functional groups attached to an aromatic ring is 1. The molecule has 0 saturated heterocycles. The van der Waals surface area contributed by atoms with Crippen molar-refractivity contribution in [1.82, 2.24) is 0 Å². The minimum Gasteiger partial charge on any atom is -0.399 e. The van der Waals surface area contributed by atoms with Crippen LogP contribution in [0.1, 0.15) is 0 Å². The average Bonchev–Trinajstić information content (AvgIpc) is 1.87. The summed E-state index contributed by atoms with van der Waals surface area (Å²) in [6, 6.07) is 9.49. The molecule has 2 N–H and O–H groups in total. The van der Waals surface area contributed by atoms with Crippen LogP contribution < -0.4 is 5.73 Å². The maximum Gasteiger partial charge on any atom is 0.0689 e. The van der Waals surface area contributed by atoms with Crippen LogP contribution in [0.5, 0.6) is 0 Å². The first-order chi connectivity index (χ1) is 5.13. The predicted octanol–water partition coefficient (Wildman–Crippen LogP) is 1.03. The summed E-state index contributed by atoms with van der Waals surface area (Å²) >= 11 is 0. The zero-order valence-corrected chi connectivity index (χ0v) is 5.64. The van der Waals surface area contributed by atoms with E-state index in [1.165, 1.54) is 0 Å². The first-order valence-corrected chi connectivity index (χ1v) is 2.75. The molecule has 0 aliphatic rings. The lowest BCUT2D eigenvalue weighted by Crippen LogP contribution is -1.79. The van der Waals surface area contributed by atoms with Crippen LogP contribution >= 0.6 is 0 Å². The van der Waals surface area contributed by atoms with Gasteiger partial charge in [-0.25, -0.2) is 0 Å². The van der Waals surface area contributed by atoms with Crippen molar-refractivity contribution in [3.05, 3.63) is 45.7 Å². The van der Waals surface area contributed by atoms with Gasteiger partial charge in [0.05, 0.1) is 5.09 Å². The van der Waals surface area contributed by atoms with Crippen molar-refractivity contribution in [3.8, 4) is 0 Å². The maximum absolute atomic E-state index is 8.25. The highest BCUT2D eigenvalue weighted by molar-refractivity contribution is 5.35. The Labute approximate surface area is 63.2 Å². The van der Waals surface area contributed by atoms with E-state index >= 15 is 0 Å². The topological polar surface area (TPSA) is 92.2 Å². The van der Waals surface area contributed by atoms with Gasteiger partial charge in [0.2, 0.25) is 0 Å². The van der Waals surface area contributed by atoms with Crippen LogP contribution in [0.4, 0.5) is 5.69 Å². The molecular formula is C6H7N2O3-. The fourth-order valence-corrected chi connectivity index (χ4v) is 0.453. The highest BCUT2D eigenvalue weighted by atomic mass is 16.9. The van der Waals surface area contributed by atoms with E-state index in [0.717, 1.165) is 5.69 Å². The second kappa shape index (κ2) is 5.04. The van der Waals surface area contributed by atoms with Crippen LogP contribution in [0.2, 0.25) is 0 Å². The van der Waals surface area contributed by atoms with Crippen LogP contribution in [0.15, 0.2) is 30.3 Å². The number of anilines is 1. The molecule has 11 heavy (non-hydrogen) atoms. The van der Waals surface area contributed by atoms with Gasteiger partial charge in [-0.05, 0) is 12.1 Å². The molecule has 1 rings (SSSR count). The minimum atomic E-state index is -1.75. The number of rotatable bonds is 0. The SMILES string of the molecule is Nc1ccccc1.O=[N+]([O-])[O-]. The Balaban J connectivity index is 0.000000218. The highest BCUT2D eigenvalue weighted by Crippen LogP contribution is 1.95. The molecule has 0 unspecified atom stereocenters. The van der Waals surface area contributed by atoms with Crippen molar-refractivity contribution in [2.45, 2.75) is 0 Å². The van der Waals surface area contributed by atoms with Crippen molar-refractivity contribution in [2.75, 3.05) is 5.73 Å². The molecule has 0 saturated carbocycles. The fraction of sp³-hybridized carbons (Fsp3) is 0.